The average Bonchev–Trinajstić information content (AvgIpc) is 2.83. The van der Waals surface area contributed by atoms with Crippen LogP contribution in [0.5, 0.6) is 11.5 Å². The first kappa shape index (κ1) is 25.8. The van der Waals surface area contributed by atoms with Crippen molar-refractivity contribution in [2.45, 2.75) is 46.5 Å². The molecule has 0 fully saturated rings. The molecule has 0 saturated heterocycles. The van der Waals surface area contributed by atoms with Gasteiger partial charge in [0.15, 0.2) is 23.9 Å². The number of aryl methyl sites for hydroxylation is 1. The van der Waals surface area contributed by atoms with Crippen LogP contribution >= 0.6 is 0 Å². The second kappa shape index (κ2) is 10.4. The molecule has 3 N–H and O–H groups in total. The number of para-hydroxylation sites is 1. The first-order chi connectivity index (χ1) is 17.6. The number of benzene rings is 2. The number of hydrogen-bond donors (Lipinski definition) is 2. The van der Waals surface area contributed by atoms with Gasteiger partial charge in [-0.3, -0.25) is 9.59 Å². The molecule has 1 amide bonds. The molecule has 1 atom stereocenters. The second-order valence-corrected chi connectivity index (χ2v) is 9.99. The highest BCUT2D eigenvalue weighted by atomic mass is 16.5. The van der Waals surface area contributed by atoms with E-state index in [0.717, 1.165) is 5.56 Å². The maximum atomic E-state index is 13.2. The van der Waals surface area contributed by atoms with E-state index in [-0.39, 0.29) is 35.2 Å². The van der Waals surface area contributed by atoms with Gasteiger partial charge in [0.25, 0.3) is 5.91 Å². The highest BCUT2D eigenvalue weighted by Crippen LogP contribution is 2.48. The fourth-order valence-electron chi connectivity index (χ4n) is 4.75. The van der Waals surface area contributed by atoms with Gasteiger partial charge in [-0.15, -0.1) is 0 Å². The van der Waals surface area contributed by atoms with Crippen molar-refractivity contribution in [2.24, 2.45) is 11.1 Å². The molecule has 0 aromatic heterocycles. The summed E-state index contributed by atoms with van der Waals surface area (Å²) >= 11 is 0. The molecule has 4 rings (SSSR count). The Morgan fingerprint density at radius 3 is 2.65 bits per heavy atom. The van der Waals surface area contributed by atoms with Gasteiger partial charge in [0, 0.05) is 24.1 Å². The zero-order valence-electron chi connectivity index (χ0n) is 21.5. The standard InChI is InChI=1S/C29H31N3O5/c1-5-35-23-12-18(10-11-22(23)36-16-25(34)32-20-9-7-6-8-17(20)2)26-19(15-30)28(31)37-24-14-29(3,4)13-21(33)27(24)26/h6-12,26H,5,13-14,16,31H2,1-4H3,(H,32,34). The maximum absolute atomic E-state index is 13.2. The number of carbonyl (C=O) groups excluding carboxylic acids is 2. The number of allylic oxidation sites excluding steroid dienone is 3. The molecule has 1 heterocycles. The second-order valence-electron chi connectivity index (χ2n) is 9.99. The Hall–Kier alpha value is -4.25. The van der Waals surface area contributed by atoms with Crippen molar-refractivity contribution in [1.29, 1.82) is 5.26 Å². The fraction of sp³-hybridized carbons (Fsp3) is 0.345. The minimum Gasteiger partial charge on any atom is -0.490 e. The molecule has 1 aliphatic carbocycles. The lowest BCUT2D eigenvalue weighted by molar-refractivity contribution is -0.119. The molecule has 2 aromatic carbocycles. The van der Waals surface area contributed by atoms with Crippen LogP contribution in [0.1, 0.15) is 50.7 Å². The number of rotatable bonds is 7. The molecule has 1 aliphatic heterocycles. The molecule has 0 bridgehead atoms. The van der Waals surface area contributed by atoms with Gasteiger partial charge >= 0.3 is 0 Å². The van der Waals surface area contributed by atoms with Gasteiger partial charge in [0.05, 0.1) is 12.5 Å². The Bertz CT molecular complexity index is 1350. The van der Waals surface area contributed by atoms with Gasteiger partial charge in [-0.25, -0.2) is 0 Å². The van der Waals surface area contributed by atoms with Crippen LogP contribution in [0.15, 0.2) is 65.3 Å². The van der Waals surface area contributed by atoms with Crippen LogP contribution in [0.4, 0.5) is 5.69 Å². The number of Topliss-reactive ketones (excluding diaryl/α,β-unsaturated/α-hetero) is 1. The average molecular weight is 502 g/mol. The largest absolute Gasteiger partial charge is 0.490 e. The molecule has 0 radical (unpaired) electrons. The predicted molar refractivity (Wildman–Crippen MR) is 139 cm³/mol. The summed E-state index contributed by atoms with van der Waals surface area (Å²) < 4.78 is 17.4. The first-order valence-electron chi connectivity index (χ1n) is 12.2. The van der Waals surface area contributed by atoms with E-state index in [1.54, 1.807) is 18.2 Å². The number of nitrogens with two attached hydrogens (primary N) is 1. The molecular weight excluding hydrogens is 470 g/mol. The van der Waals surface area contributed by atoms with Crippen molar-refractivity contribution >= 4 is 17.4 Å². The van der Waals surface area contributed by atoms with E-state index in [1.165, 1.54) is 0 Å². The molecule has 0 spiro atoms. The van der Waals surface area contributed by atoms with Crippen LogP contribution in [0.3, 0.4) is 0 Å². The van der Waals surface area contributed by atoms with Crippen LogP contribution in [0.25, 0.3) is 0 Å². The third kappa shape index (κ3) is 5.46. The van der Waals surface area contributed by atoms with Crippen molar-refractivity contribution in [3.8, 4) is 17.6 Å². The van der Waals surface area contributed by atoms with Crippen molar-refractivity contribution in [2.75, 3.05) is 18.5 Å². The van der Waals surface area contributed by atoms with E-state index in [1.807, 2.05) is 52.0 Å². The Morgan fingerprint density at radius 2 is 1.95 bits per heavy atom. The molecular formula is C29H31N3O5. The molecule has 8 nitrogen and oxygen atoms in total. The SMILES string of the molecule is CCOc1cc(C2C(C#N)=C(N)OC3=C2C(=O)CC(C)(C)C3)ccc1OCC(=O)Nc1ccccc1C. The predicted octanol–water partition coefficient (Wildman–Crippen LogP) is 4.86. The van der Waals surface area contributed by atoms with E-state index in [9.17, 15) is 14.9 Å². The Kier molecular flexibility index (Phi) is 7.25. The lowest BCUT2D eigenvalue weighted by Crippen LogP contribution is -2.33. The van der Waals surface area contributed by atoms with Crippen LogP contribution in [-0.2, 0) is 14.3 Å². The van der Waals surface area contributed by atoms with Crippen molar-refractivity contribution in [3.63, 3.8) is 0 Å². The summed E-state index contributed by atoms with van der Waals surface area (Å²) in [5.41, 5.74) is 8.82. The van der Waals surface area contributed by atoms with E-state index in [4.69, 9.17) is 19.9 Å². The highest BCUT2D eigenvalue weighted by molar-refractivity contribution is 6.00. The first-order valence-corrected chi connectivity index (χ1v) is 12.2. The number of ether oxygens (including phenoxy) is 3. The van der Waals surface area contributed by atoms with Crippen LogP contribution in [0.2, 0.25) is 0 Å². The lowest BCUT2D eigenvalue weighted by Gasteiger charge is -2.37. The van der Waals surface area contributed by atoms with Gasteiger partial charge < -0.3 is 25.3 Å². The fourth-order valence-corrected chi connectivity index (χ4v) is 4.75. The number of anilines is 1. The molecule has 0 saturated carbocycles. The normalized spacial score (nSPS) is 18.5. The van der Waals surface area contributed by atoms with Gasteiger partial charge in [0.2, 0.25) is 5.88 Å². The number of amides is 1. The van der Waals surface area contributed by atoms with Crippen LogP contribution in [-0.4, -0.2) is 24.9 Å². The van der Waals surface area contributed by atoms with Crippen LogP contribution < -0.4 is 20.5 Å². The van der Waals surface area contributed by atoms with Crippen LogP contribution in [0, 0.1) is 23.7 Å². The maximum Gasteiger partial charge on any atom is 0.262 e. The van der Waals surface area contributed by atoms with Gasteiger partial charge in [-0.2, -0.15) is 5.26 Å². The molecule has 192 valence electrons. The molecule has 1 unspecified atom stereocenters. The topological polar surface area (TPSA) is 124 Å². The number of hydrogen-bond acceptors (Lipinski definition) is 7. The van der Waals surface area contributed by atoms with E-state index in [2.05, 4.69) is 11.4 Å². The summed E-state index contributed by atoms with van der Waals surface area (Å²) in [6.07, 6.45) is 0.888. The Labute approximate surface area is 216 Å². The Balaban J connectivity index is 1.62. The highest BCUT2D eigenvalue weighted by Gasteiger charge is 2.43. The zero-order valence-corrected chi connectivity index (χ0v) is 21.5. The summed E-state index contributed by atoms with van der Waals surface area (Å²) in [4.78, 5) is 25.7. The summed E-state index contributed by atoms with van der Waals surface area (Å²) in [6.45, 7) is 7.88. The molecule has 2 aliphatic rings. The smallest absolute Gasteiger partial charge is 0.262 e. The number of ketones is 1. The van der Waals surface area contributed by atoms with Gasteiger partial charge in [-0.05, 0) is 48.6 Å². The lowest BCUT2D eigenvalue weighted by atomic mass is 9.70. The summed E-state index contributed by atoms with van der Waals surface area (Å²) in [5.74, 6) is 0.238. The van der Waals surface area contributed by atoms with Crippen molar-refractivity contribution in [1.82, 2.24) is 0 Å². The van der Waals surface area contributed by atoms with Gasteiger partial charge in [0.1, 0.15) is 17.4 Å². The van der Waals surface area contributed by atoms with Crippen molar-refractivity contribution in [3.05, 3.63) is 76.4 Å². The van der Waals surface area contributed by atoms with E-state index < -0.39 is 5.92 Å². The van der Waals surface area contributed by atoms with E-state index >= 15 is 0 Å². The minimum atomic E-state index is -0.671. The minimum absolute atomic E-state index is 0.00270. The summed E-state index contributed by atoms with van der Waals surface area (Å²) in [7, 11) is 0. The van der Waals surface area contributed by atoms with Crippen molar-refractivity contribution < 1.29 is 23.8 Å². The number of nitrogens with one attached hydrogen (secondary N) is 1. The molecule has 8 heteroatoms. The third-order valence-electron chi connectivity index (χ3n) is 6.45. The quantitative estimate of drug-likeness (QED) is 0.555. The molecule has 2 aromatic rings. The number of nitriles is 1. The zero-order chi connectivity index (χ0) is 26.7. The molecule has 37 heavy (non-hydrogen) atoms. The monoisotopic (exact) mass is 501 g/mol. The van der Waals surface area contributed by atoms with E-state index in [0.29, 0.717) is 53.5 Å². The third-order valence-corrected chi connectivity index (χ3v) is 6.45. The number of carbonyl (C=O) groups is 2. The summed E-state index contributed by atoms with van der Waals surface area (Å²) in [5, 5.41) is 12.7. The Morgan fingerprint density at radius 1 is 1.19 bits per heavy atom. The summed E-state index contributed by atoms with van der Waals surface area (Å²) in [6, 6.07) is 14.8. The van der Waals surface area contributed by atoms with Gasteiger partial charge in [-0.1, -0.05) is 38.1 Å². The number of nitrogens with zero attached hydrogens (tertiary/aromatic N) is 1.